The van der Waals surface area contributed by atoms with Crippen LogP contribution in [0.5, 0.6) is 0 Å². The van der Waals surface area contributed by atoms with Crippen LogP contribution < -0.4 is 5.32 Å². The SMILES string of the molecule is CNCc1ccc(SCc2ccc(Br)s2)cc1. The molecule has 0 fully saturated rings. The lowest BCUT2D eigenvalue weighted by Gasteiger charge is -2.02. The Balaban J connectivity index is 1.90. The summed E-state index contributed by atoms with van der Waals surface area (Å²) in [5.41, 5.74) is 1.33. The summed E-state index contributed by atoms with van der Waals surface area (Å²) in [6, 6.07) is 13.0. The Morgan fingerprint density at radius 2 is 1.94 bits per heavy atom. The van der Waals surface area contributed by atoms with Crippen molar-refractivity contribution in [3.63, 3.8) is 0 Å². The number of rotatable bonds is 5. The average molecular weight is 328 g/mol. The van der Waals surface area contributed by atoms with E-state index in [9.17, 15) is 0 Å². The highest BCUT2D eigenvalue weighted by molar-refractivity contribution is 9.11. The van der Waals surface area contributed by atoms with E-state index in [0.29, 0.717) is 0 Å². The number of halogens is 1. The first-order valence-electron chi connectivity index (χ1n) is 5.38. The third kappa shape index (κ3) is 4.14. The molecule has 0 radical (unpaired) electrons. The summed E-state index contributed by atoms with van der Waals surface area (Å²) >= 11 is 7.17. The number of thioether (sulfide) groups is 1. The Labute approximate surface area is 119 Å². The van der Waals surface area contributed by atoms with E-state index in [1.54, 1.807) is 11.3 Å². The largest absolute Gasteiger partial charge is 0.316 e. The molecule has 0 amide bonds. The average Bonchev–Trinajstić information content (AvgIpc) is 2.75. The molecule has 0 unspecified atom stereocenters. The maximum atomic E-state index is 3.49. The van der Waals surface area contributed by atoms with Gasteiger partial charge in [0.05, 0.1) is 3.79 Å². The summed E-state index contributed by atoms with van der Waals surface area (Å²) in [5, 5.41) is 3.15. The minimum Gasteiger partial charge on any atom is -0.316 e. The predicted octanol–water partition coefficient (Wildman–Crippen LogP) is 4.52. The number of hydrogen-bond donors (Lipinski definition) is 1. The maximum Gasteiger partial charge on any atom is 0.0701 e. The molecule has 17 heavy (non-hydrogen) atoms. The van der Waals surface area contributed by atoms with E-state index in [2.05, 4.69) is 57.6 Å². The highest BCUT2D eigenvalue weighted by atomic mass is 79.9. The molecule has 0 atom stereocenters. The van der Waals surface area contributed by atoms with Gasteiger partial charge in [-0.1, -0.05) is 12.1 Å². The van der Waals surface area contributed by atoms with Gasteiger partial charge in [0.15, 0.2) is 0 Å². The fourth-order valence-electron chi connectivity index (χ4n) is 1.49. The van der Waals surface area contributed by atoms with Crippen LogP contribution in [0.25, 0.3) is 0 Å². The zero-order chi connectivity index (χ0) is 12.1. The molecule has 2 rings (SSSR count). The molecule has 1 aromatic carbocycles. The molecule has 0 aliphatic carbocycles. The molecule has 4 heteroatoms. The lowest BCUT2D eigenvalue weighted by atomic mass is 10.2. The van der Waals surface area contributed by atoms with Crippen LogP contribution in [0.1, 0.15) is 10.4 Å². The first-order chi connectivity index (χ1) is 8.28. The second kappa shape index (κ2) is 6.59. The molecule has 90 valence electrons. The summed E-state index contributed by atoms with van der Waals surface area (Å²) in [7, 11) is 1.97. The molecule has 0 bridgehead atoms. The van der Waals surface area contributed by atoms with E-state index < -0.39 is 0 Å². The minimum absolute atomic E-state index is 0.933. The normalized spacial score (nSPS) is 10.7. The van der Waals surface area contributed by atoms with Crippen LogP contribution in [0.2, 0.25) is 0 Å². The Kier molecular flexibility index (Phi) is 5.10. The van der Waals surface area contributed by atoms with Gasteiger partial charge in [-0.15, -0.1) is 23.1 Å². The first-order valence-corrected chi connectivity index (χ1v) is 7.98. The van der Waals surface area contributed by atoms with Gasteiger partial charge in [0.1, 0.15) is 0 Å². The topological polar surface area (TPSA) is 12.0 Å². The van der Waals surface area contributed by atoms with E-state index in [1.165, 1.54) is 19.1 Å². The van der Waals surface area contributed by atoms with Crippen LogP contribution in [0.3, 0.4) is 0 Å². The van der Waals surface area contributed by atoms with Crippen LogP contribution in [-0.4, -0.2) is 7.05 Å². The number of nitrogens with one attached hydrogen (secondary N) is 1. The van der Waals surface area contributed by atoms with E-state index >= 15 is 0 Å². The van der Waals surface area contributed by atoms with Gasteiger partial charge in [0, 0.05) is 22.1 Å². The van der Waals surface area contributed by atoms with Gasteiger partial charge < -0.3 is 5.32 Å². The summed E-state index contributed by atoms with van der Waals surface area (Å²) in [6.45, 7) is 0.933. The van der Waals surface area contributed by atoms with Crippen molar-refractivity contribution in [1.82, 2.24) is 5.32 Å². The highest BCUT2D eigenvalue weighted by Crippen LogP contribution is 2.29. The third-order valence-electron chi connectivity index (χ3n) is 2.31. The molecule has 0 aliphatic heterocycles. The van der Waals surface area contributed by atoms with Crippen molar-refractivity contribution in [2.75, 3.05) is 7.05 Å². The van der Waals surface area contributed by atoms with Crippen molar-refractivity contribution in [3.8, 4) is 0 Å². The molecule has 2 aromatic rings. The third-order valence-corrected chi connectivity index (χ3v) is 5.18. The van der Waals surface area contributed by atoms with Crippen LogP contribution in [0.15, 0.2) is 45.1 Å². The van der Waals surface area contributed by atoms with Gasteiger partial charge in [-0.25, -0.2) is 0 Å². The van der Waals surface area contributed by atoms with Crippen LogP contribution >= 0.6 is 39.0 Å². The summed E-state index contributed by atoms with van der Waals surface area (Å²) in [6.07, 6.45) is 0. The van der Waals surface area contributed by atoms with Crippen molar-refractivity contribution in [2.24, 2.45) is 0 Å². The van der Waals surface area contributed by atoms with Crippen LogP contribution in [0, 0.1) is 0 Å². The van der Waals surface area contributed by atoms with Crippen molar-refractivity contribution >= 4 is 39.0 Å². The molecule has 1 N–H and O–H groups in total. The van der Waals surface area contributed by atoms with Crippen molar-refractivity contribution in [1.29, 1.82) is 0 Å². The predicted molar refractivity (Wildman–Crippen MR) is 80.8 cm³/mol. The summed E-state index contributed by atoms with van der Waals surface area (Å²) < 4.78 is 1.21. The van der Waals surface area contributed by atoms with Gasteiger partial charge in [-0.2, -0.15) is 0 Å². The van der Waals surface area contributed by atoms with Crippen molar-refractivity contribution in [3.05, 3.63) is 50.6 Å². The molecule has 0 saturated carbocycles. The highest BCUT2D eigenvalue weighted by Gasteiger charge is 2.00. The molecule has 0 spiro atoms. The van der Waals surface area contributed by atoms with Crippen LogP contribution in [0.4, 0.5) is 0 Å². The number of hydrogen-bond acceptors (Lipinski definition) is 3. The zero-order valence-corrected chi connectivity index (χ0v) is 12.8. The molecule has 1 heterocycles. The standard InChI is InChI=1S/C13H14BrNS2/c1-15-8-10-2-4-11(5-3-10)16-9-12-6-7-13(14)17-12/h2-7,15H,8-9H2,1H3. The van der Waals surface area contributed by atoms with Crippen molar-refractivity contribution < 1.29 is 0 Å². The Morgan fingerprint density at radius 1 is 1.18 bits per heavy atom. The van der Waals surface area contributed by atoms with Crippen LogP contribution in [-0.2, 0) is 12.3 Å². The minimum atomic E-state index is 0.933. The summed E-state index contributed by atoms with van der Waals surface area (Å²) in [4.78, 5) is 2.73. The first kappa shape index (κ1) is 13.1. The lowest BCUT2D eigenvalue weighted by molar-refractivity contribution is 0.817. The zero-order valence-electron chi connectivity index (χ0n) is 9.57. The fraction of sp³-hybridized carbons (Fsp3) is 0.231. The monoisotopic (exact) mass is 327 g/mol. The Morgan fingerprint density at radius 3 is 2.53 bits per heavy atom. The summed E-state index contributed by atoms with van der Waals surface area (Å²) in [5.74, 6) is 1.04. The molecule has 1 aromatic heterocycles. The Hall–Kier alpha value is -0.290. The molecular formula is C13H14BrNS2. The van der Waals surface area contributed by atoms with Gasteiger partial charge in [0.2, 0.25) is 0 Å². The molecular weight excluding hydrogens is 314 g/mol. The molecule has 1 nitrogen and oxygen atoms in total. The molecule has 0 aliphatic rings. The molecule has 0 saturated heterocycles. The van der Waals surface area contributed by atoms with Gasteiger partial charge in [-0.05, 0) is 52.8 Å². The van der Waals surface area contributed by atoms with E-state index in [4.69, 9.17) is 0 Å². The second-order valence-electron chi connectivity index (χ2n) is 3.67. The van der Waals surface area contributed by atoms with E-state index in [1.807, 2.05) is 18.8 Å². The number of benzene rings is 1. The Bertz CT molecular complexity index is 465. The van der Waals surface area contributed by atoms with Gasteiger partial charge in [-0.3, -0.25) is 0 Å². The number of thiophene rings is 1. The smallest absolute Gasteiger partial charge is 0.0701 e. The maximum absolute atomic E-state index is 3.49. The van der Waals surface area contributed by atoms with Gasteiger partial charge in [0.25, 0.3) is 0 Å². The second-order valence-corrected chi connectivity index (χ2v) is 7.27. The quantitative estimate of drug-likeness (QED) is 0.810. The van der Waals surface area contributed by atoms with E-state index in [0.717, 1.165) is 12.3 Å². The van der Waals surface area contributed by atoms with Crippen molar-refractivity contribution in [2.45, 2.75) is 17.2 Å². The fourth-order valence-corrected chi connectivity index (χ4v) is 3.92. The lowest BCUT2D eigenvalue weighted by Crippen LogP contribution is -2.04. The van der Waals surface area contributed by atoms with Gasteiger partial charge >= 0.3 is 0 Å². The van der Waals surface area contributed by atoms with E-state index in [-0.39, 0.29) is 0 Å².